The van der Waals surface area contributed by atoms with Crippen LogP contribution < -0.4 is 10.1 Å². The summed E-state index contributed by atoms with van der Waals surface area (Å²) in [6.07, 6.45) is -0.586. The van der Waals surface area contributed by atoms with Crippen LogP contribution in [-0.4, -0.2) is 25.1 Å². The molecule has 1 amide bonds. The van der Waals surface area contributed by atoms with Crippen LogP contribution in [0.2, 0.25) is 0 Å². The molecule has 6 heteroatoms. The molecule has 29 heavy (non-hydrogen) atoms. The van der Waals surface area contributed by atoms with Crippen LogP contribution in [0.15, 0.2) is 65.1 Å². The van der Waals surface area contributed by atoms with Gasteiger partial charge in [-0.3, -0.25) is 4.79 Å². The smallest absolute Gasteiger partial charge is 0.339 e. The molecule has 1 atom stereocenters. The van der Waals surface area contributed by atoms with Gasteiger partial charge in [0.2, 0.25) is 0 Å². The number of amides is 1. The quantitative estimate of drug-likeness (QED) is 0.530. The maximum absolute atomic E-state index is 12.8. The molecule has 0 saturated carbocycles. The summed E-state index contributed by atoms with van der Waals surface area (Å²) in [5.41, 5.74) is 3.14. The second-order valence-electron chi connectivity index (χ2n) is 6.89. The summed E-state index contributed by atoms with van der Waals surface area (Å²) >= 11 is 0. The van der Waals surface area contributed by atoms with Gasteiger partial charge in [0.1, 0.15) is 16.9 Å². The highest BCUT2D eigenvalue weighted by Crippen LogP contribution is 2.36. The highest BCUT2D eigenvalue weighted by atomic mass is 16.5. The minimum absolute atomic E-state index is 0.322. The third-order valence-electron chi connectivity index (χ3n) is 5.14. The van der Waals surface area contributed by atoms with E-state index >= 15 is 0 Å². The zero-order chi connectivity index (χ0) is 20.0. The highest BCUT2D eigenvalue weighted by Gasteiger charge is 2.31. The SMILES string of the molecule is COc1cc2c(cc1NC(=O)[C@@H]1Cc3ccccc3C(=O)O1)oc1ccccc12. The van der Waals surface area contributed by atoms with Gasteiger partial charge in [0, 0.05) is 23.3 Å². The van der Waals surface area contributed by atoms with E-state index in [2.05, 4.69) is 5.32 Å². The van der Waals surface area contributed by atoms with Gasteiger partial charge < -0.3 is 19.2 Å². The molecule has 0 saturated heterocycles. The standard InChI is InChI=1S/C23H17NO5/c1-27-20-11-16-15-8-4-5-9-18(15)28-19(16)12-17(20)24-22(25)21-10-13-6-2-3-7-14(13)23(26)29-21/h2-9,11-12,21H,10H2,1H3,(H,24,25)/t21-/m0/s1. The number of furan rings is 1. The third kappa shape index (κ3) is 2.89. The van der Waals surface area contributed by atoms with E-state index in [-0.39, 0.29) is 0 Å². The maximum atomic E-state index is 12.8. The van der Waals surface area contributed by atoms with Crippen LogP contribution in [-0.2, 0) is 16.0 Å². The number of para-hydroxylation sites is 1. The van der Waals surface area contributed by atoms with Crippen molar-refractivity contribution >= 4 is 39.5 Å². The first-order chi connectivity index (χ1) is 14.1. The molecule has 5 rings (SSSR count). The second kappa shape index (κ2) is 6.67. The number of hydrogen-bond acceptors (Lipinski definition) is 5. The molecule has 1 aromatic heterocycles. The first kappa shape index (κ1) is 17.3. The lowest BCUT2D eigenvalue weighted by molar-refractivity contribution is -0.125. The molecule has 4 aromatic rings. The lowest BCUT2D eigenvalue weighted by Crippen LogP contribution is -2.38. The fraction of sp³-hybridized carbons (Fsp3) is 0.130. The summed E-state index contributed by atoms with van der Waals surface area (Å²) in [6, 6.07) is 18.4. The third-order valence-corrected chi connectivity index (χ3v) is 5.14. The summed E-state index contributed by atoms with van der Waals surface area (Å²) in [4.78, 5) is 25.0. The summed E-state index contributed by atoms with van der Waals surface area (Å²) in [5.74, 6) is -0.409. The minimum Gasteiger partial charge on any atom is -0.495 e. The Balaban J connectivity index is 1.47. The first-order valence-corrected chi connectivity index (χ1v) is 9.23. The molecular formula is C23H17NO5. The lowest BCUT2D eigenvalue weighted by atomic mass is 9.98. The summed E-state index contributed by atoms with van der Waals surface area (Å²) in [6.45, 7) is 0. The Morgan fingerprint density at radius 1 is 1.03 bits per heavy atom. The summed E-state index contributed by atoms with van der Waals surface area (Å²) < 4.78 is 16.7. The molecule has 1 aliphatic rings. The van der Waals surface area contributed by atoms with Gasteiger partial charge in [0.05, 0.1) is 18.4 Å². The normalized spacial score (nSPS) is 15.8. The van der Waals surface area contributed by atoms with Crippen LogP contribution in [0.4, 0.5) is 5.69 Å². The molecule has 0 aliphatic carbocycles. The van der Waals surface area contributed by atoms with Gasteiger partial charge in [0.25, 0.3) is 5.91 Å². The fourth-order valence-corrected chi connectivity index (χ4v) is 3.71. The molecular weight excluding hydrogens is 370 g/mol. The van der Waals surface area contributed by atoms with Gasteiger partial charge >= 0.3 is 5.97 Å². The molecule has 1 aliphatic heterocycles. The molecule has 2 heterocycles. The first-order valence-electron chi connectivity index (χ1n) is 9.23. The van der Waals surface area contributed by atoms with E-state index in [0.717, 1.165) is 21.9 Å². The van der Waals surface area contributed by atoms with E-state index in [4.69, 9.17) is 13.9 Å². The number of cyclic esters (lactones) is 1. The van der Waals surface area contributed by atoms with Crippen molar-refractivity contribution in [1.82, 2.24) is 0 Å². The Bertz CT molecular complexity index is 1270. The van der Waals surface area contributed by atoms with Crippen LogP contribution in [0.5, 0.6) is 5.75 Å². The zero-order valence-electron chi connectivity index (χ0n) is 15.6. The molecule has 144 valence electrons. The van der Waals surface area contributed by atoms with E-state index in [0.29, 0.717) is 29.0 Å². The molecule has 3 aromatic carbocycles. The highest BCUT2D eigenvalue weighted by molar-refractivity contribution is 6.08. The number of carbonyl (C=O) groups is 2. The van der Waals surface area contributed by atoms with Gasteiger partial charge in [0.15, 0.2) is 6.10 Å². The van der Waals surface area contributed by atoms with Crippen molar-refractivity contribution in [2.45, 2.75) is 12.5 Å². The van der Waals surface area contributed by atoms with Crippen molar-refractivity contribution in [3.05, 3.63) is 71.8 Å². The molecule has 1 N–H and O–H groups in total. The number of ether oxygens (including phenoxy) is 2. The molecule has 6 nitrogen and oxygen atoms in total. The number of hydrogen-bond donors (Lipinski definition) is 1. The molecule has 0 spiro atoms. The van der Waals surface area contributed by atoms with Crippen LogP contribution in [0, 0.1) is 0 Å². The average Bonchev–Trinajstić information content (AvgIpc) is 3.10. The largest absolute Gasteiger partial charge is 0.495 e. The second-order valence-corrected chi connectivity index (χ2v) is 6.89. The number of carbonyl (C=O) groups excluding carboxylic acids is 2. The van der Waals surface area contributed by atoms with Crippen molar-refractivity contribution in [2.24, 2.45) is 0 Å². The van der Waals surface area contributed by atoms with E-state index in [1.54, 1.807) is 18.2 Å². The number of rotatable bonds is 3. The van der Waals surface area contributed by atoms with Crippen molar-refractivity contribution in [3.8, 4) is 5.75 Å². The molecule has 0 radical (unpaired) electrons. The van der Waals surface area contributed by atoms with Crippen molar-refractivity contribution in [3.63, 3.8) is 0 Å². The predicted octanol–water partition coefficient (Wildman–Crippen LogP) is 4.31. The van der Waals surface area contributed by atoms with E-state index in [1.807, 2.05) is 42.5 Å². The molecule has 0 unspecified atom stereocenters. The van der Waals surface area contributed by atoms with Gasteiger partial charge in [-0.1, -0.05) is 36.4 Å². The van der Waals surface area contributed by atoms with Crippen molar-refractivity contribution < 1.29 is 23.5 Å². The lowest BCUT2D eigenvalue weighted by Gasteiger charge is -2.24. The van der Waals surface area contributed by atoms with Crippen LogP contribution in [0.3, 0.4) is 0 Å². The summed E-state index contributed by atoms with van der Waals surface area (Å²) in [5, 5.41) is 4.68. The topological polar surface area (TPSA) is 77.8 Å². The van der Waals surface area contributed by atoms with Crippen LogP contribution in [0.25, 0.3) is 21.9 Å². The summed E-state index contributed by atoms with van der Waals surface area (Å²) in [7, 11) is 1.54. The molecule has 0 fully saturated rings. The van der Waals surface area contributed by atoms with Crippen LogP contribution >= 0.6 is 0 Å². The van der Waals surface area contributed by atoms with Gasteiger partial charge in [-0.25, -0.2) is 4.79 Å². The Hall–Kier alpha value is -3.80. The van der Waals surface area contributed by atoms with E-state index in [1.165, 1.54) is 7.11 Å². The Morgan fingerprint density at radius 3 is 2.69 bits per heavy atom. The Morgan fingerprint density at radius 2 is 1.83 bits per heavy atom. The number of anilines is 1. The number of fused-ring (bicyclic) bond motifs is 4. The van der Waals surface area contributed by atoms with E-state index in [9.17, 15) is 9.59 Å². The monoisotopic (exact) mass is 387 g/mol. The maximum Gasteiger partial charge on any atom is 0.339 e. The predicted molar refractivity (Wildman–Crippen MR) is 108 cm³/mol. The average molecular weight is 387 g/mol. The van der Waals surface area contributed by atoms with Crippen molar-refractivity contribution in [1.29, 1.82) is 0 Å². The van der Waals surface area contributed by atoms with Gasteiger partial charge in [-0.15, -0.1) is 0 Å². The minimum atomic E-state index is -0.909. The van der Waals surface area contributed by atoms with Gasteiger partial charge in [-0.05, 0) is 23.8 Å². The number of nitrogens with one attached hydrogen (secondary N) is 1. The number of methoxy groups -OCH3 is 1. The Labute approximate surface area is 166 Å². The van der Waals surface area contributed by atoms with Crippen LogP contribution in [0.1, 0.15) is 15.9 Å². The zero-order valence-corrected chi connectivity index (χ0v) is 15.6. The van der Waals surface area contributed by atoms with Gasteiger partial charge in [-0.2, -0.15) is 0 Å². The Kier molecular flexibility index (Phi) is 3.98. The fourth-order valence-electron chi connectivity index (χ4n) is 3.71. The van der Waals surface area contributed by atoms with E-state index < -0.39 is 18.0 Å². The molecule has 0 bridgehead atoms. The van der Waals surface area contributed by atoms with Crippen molar-refractivity contribution in [2.75, 3.05) is 12.4 Å². The number of benzene rings is 3. The number of esters is 1.